The molecule has 0 unspecified atom stereocenters. The molecule has 2 N–H and O–H groups in total. The third kappa shape index (κ3) is 3.86. The maximum atomic E-state index is 11.5. The number of nitrogens with one attached hydrogen (secondary N) is 1. The van der Waals surface area contributed by atoms with Gasteiger partial charge in [0, 0.05) is 25.2 Å². The van der Waals surface area contributed by atoms with E-state index in [0.29, 0.717) is 5.56 Å². The third-order valence-electron chi connectivity index (χ3n) is 4.13. The maximum absolute atomic E-state index is 11.5. The second-order valence-corrected chi connectivity index (χ2v) is 5.72. The molecular formula is C19H20N2O2. The minimum absolute atomic E-state index is 0.457. The summed E-state index contributed by atoms with van der Waals surface area (Å²) >= 11 is 0. The molecular weight excluding hydrogens is 288 g/mol. The molecule has 3 rings (SSSR count). The van der Waals surface area contributed by atoms with E-state index in [4.69, 9.17) is 5.21 Å². The lowest BCUT2D eigenvalue weighted by molar-refractivity contribution is 0.0706. The van der Waals surface area contributed by atoms with E-state index < -0.39 is 5.91 Å². The molecule has 2 aromatic carbocycles. The van der Waals surface area contributed by atoms with Crippen molar-refractivity contribution in [2.45, 2.75) is 13.0 Å². The Morgan fingerprint density at radius 3 is 2.78 bits per heavy atom. The Morgan fingerprint density at radius 1 is 1.17 bits per heavy atom. The summed E-state index contributed by atoms with van der Waals surface area (Å²) in [6.07, 6.45) is 5.25. The second-order valence-electron chi connectivity index (χ2n) is 5.72. The van der Waals surface area contributed by atoms with E-state index in [2.05, 4.69) is 29.2 Å². The first-order valence-electron chi connectivity index (χ1n) is 7.76. The van der Waals surface area contributed by atoms with Gasteiger partial charge >= 0.3 is 0 Å². The van der Waals surface area contributed by atoms with E-state index >= 15 is 0 Å². The van der Waals surface area contributed by atoms with Gasteiger partial charge in [-0.2, -0.15) is 0 Å². The molecule has 1 aliphatic heterocycles. The van der Waals surface area contributed by atoms with Gasteiger partial charge in [0.15, 0.2) is 0 Å². The van der Waals surface area contributed by atoms with E-state index in [1.807, 2.05) is 30.3 Å². The molecule has 1 heterocycles. The molecule has 0 saturated carbocycles. The van der Waals surface area contributed by atoms with Gasteiger partial charge in [0.25, 0.3) is 5.91 Å². The lowest BCUT2D eigenvalue weighted by Crippen LogP contribution is -2.31. The normalized spacial score (nSPS) is 14.7. The molecule has 1 amide bonds. The Kier molecular flexibility index (Phi) is 4.86. The molecule has 4 nitrogen and oxygen atoms in total. The number of rotatable bonds is 4. The van der Waals surface area contributed by atoms with Crippen LogP contribution in [0.15, 0.2) is 54.6 Å². The number of hydroxylamine groups is 1. The van der Waals surface area contributed by atoms with E-state index in [-0.39, 0.29) is 0 Å². The number of benzene rings is 2. The summed E-state index contributed by atoms with van der Waals surface area (Å²) in [6, 6.07) is 15.9. The zero-order valence-electron chi connectivity index (χ0n) is 12.9. The van der Waals surface area contributed by atoms with Crippen LogP contribution in [0.3, 0.4) is 0 Å². The molecule has 0 bridgehead atoms. The number of hydrogen-bond acceptors (Lipinski definition) is 3. The first kappa shape index (κ1) is 15.5. The van der Waals surface area contributed by atoms with Crippen molar-refractivity contribution < 1.29 is 10.0 Å². The van der Waals surface area contributed by atoms with Gasteiger partial charge in [-0.05, 0) is 35.2 Å². The lowest BCUT2D eigenvalue weighted by atomic mass is 9.97. The van der Waals surface area contributed by atoms with Crippen molar-refractivity contribution in [3.8, 4) is 0 Å². The molecule has 0 aromatic heterocycles. The van der Waals surface area contributed by atoms with E-state index in [1.54, 1.807) is 11.5 Å². The highest BCUT2D eigenvalue weighted by Crippen LogP contribution is 2.20. The second kappa shape index (κ2) is 7.22. The number of carbonyl (C=O) groups is 1. The van der Waals surface area contributed by atoms with Crippen LogP contribution in [-0.4, -0.2) is 29.1 Å². The average molecular weight is 308 g/mol. The largest absolute Gasteiger partial charge is 0.295 e. The Labute approximate surface area is 136 Å². The van der Waals surface area contributed by atoms with Crippen molar-refractivity contribution in [1.29, 1.82) is 0 Å². The fourth-order valence-electron chi connectivity index (χ4n) is 2.88. The summed E-state index contributed by atoms with van der Waals surface area (Å²) in [5.74, 6) is -0.457. The van der Waals surface area contributed by atoms with Gasteiger partial charge in [-0.1, -0.05) is 48.6 Å². The van der Waals surface area contributed by atoms with Crippen LogP contribution in [0.2, 0.25) is 0 Å². The molecule has 0 radical (unpaired) electrons. The van der Waals surface area contributed by atoms with Crippen LogP contribution in [0.1, 0.15) is 27.0 Å². The molecule has 0 atom stereocenters. The summed E-state index contributed by atoms with van der Waals surface area (Å²) in [7, 11) is 0. The Morgan fingerprint density at radius 2 is 2.00 bits per heavy atom. The molecule has 2 aromatic rings. The van der Waals surface area contributed by atoms with Gasteiger partial charge in [0.1, 0.15) is 0 Å². The Balaban J connectivity index is 1.62. The van der Waals surface area contributed by atoms with Crippen molar-refractivity contribution in [3.63, 3.8) is 0 Å². The summed E-state index contributed by atoms with van der Waals surface area (Å²) in [5, 5.41) is 8.71. The molecule has 1 aliphatic rings. The van der Waals surface area contributed by atoms with E-state index in [1.165, 1.54) is 16.7 Å². The number of amides is 1. The summed E-state index contributed by atoms with van der Waals surface area (Å²) in [6.45, 7) is 2.76. The van der Waals surface area contributed by atoms with Gasteiger partial charge in [0.2, 0.25) is 0 Å². The Bertz CT molecular complexity index is 711. The molecule has 0 saturated heterocycles. The topological polar surface area (TPSA) is 52.6 Å². The highest BCUT2D eigenvalue weighted by molar-refractivity contribution is 5.93. The van der Waals surface area contributed by atoms with E-state index in [0.717, 1.165) is 26.1 Å². The third-order valence-corrected chi connectivity index (χ3v) is 4.13. The molecule has 0 aliphatic carbocycles. The highest BCUT2D eigenvalue weighted by Gasteiger charge is 2.16. The van der Waals surface area contributed by atoms with Crippen LogP contribution in [0.5, 0.6) is 0 Å². The van der Waals surface area contributed by atoms with Gasteiger partial charge < -0.3 is 0 Å². The molecule has 0 fully saturated rings. The summed E-state index contributed by atoms with van der Waals surface area (Å²) in [4.78, 5) is 13.8. The van der Waals surface area contributed by atoms with Crippen LogP contribution in [-0.2, 0) is 13.0 Å². The lowest BCUT2D eigenvalue weighted by Gasteiger charge is -2.28. The SMILES string of the molecule is O=C(NO)c1ccc2c(c1)CCN(CC=Cc1ccccc1)C2. The van der Waals surface area contributed by atoms with Crippen LogP contribution in [0, 0.1) is 0 Å². The van der Waals surface area contributed by atoms with Crippen LogP contribution in [0.25, 0.3) is 6.08 Å². The van der Waals surface area contributed by atoms with Crippen molar-refractivity contribution in [2.75, 3.05) is 13.1 Å². The van der Waals surface area contributed by atoms with Gasteiger partial charge in [-0.25, -0.2) is 5.48 Å². The quantitative estimate of drug-likeness (QED) is 0.674. The fourth-order valence-corrected chi connectivity index (χ4v) is 2.88. The number of hydrogen-bond donors (Lipinski definition) is 2. The van der Waals surface area contributed by atoms with Crippen molar-refractivity contribution >= 4 is 12.0 Å². The van der Waals surface area contributed by atoms with E-state index in [9.17, 15) is 4.79 Å². The smallest absolute Gasteiger partial charge is 0.274 e. The van der Waals surface area contributed by atoms with Gasteiger partial charge in [0.05, 0.1) is 0 Å². The number of nitrogens with zero attached hydrogens (tertiary/aromatic N) is 1. The minimum Gasteiger partial charge on any atom is -0.295 e. The van der Waals surface area contributed by atoms with Crippen LogP contribution >= 0.6 is 0 Å². The van der Waals surface area contributed by atoms with Crippen LogP contribution < -0.4 is 5.48 Å². The number of carbonyl (C=O) groups excluding carboxylic acids is 1. The fraction of sp³-hybridized carbons (Fsp3) is 0.211. The Hall–Kier alpha value is -2.43. The highest BCUT2D eigenvalue weighted by atomic mass is 16.5. The monoisotopic (exact) mass is 308 g/mol. The summed E-state index contributed by atoms with van der Waals surface area (Å²) < 4.78 is 0. The predicted molar refractivity (Wildman–Crippen MR) is 90.2 cm³/mol. The molecule has 23 heavy (non-hydrogen) atoms. The zero-order chi connectivity index (χ0) is 16.1. The maximum Gasteiger partial charge on any atom is 0.274 e. The standard InChI is InChI=1S/C19H20N2O2/c22-19(20-23)17-8-9-18-14-21(12-10-16(18)13-17)11-4-7-15-5-2-1-3-6-15/h1-9,13,23H,10-12,14H2,(H,20,22). The van der Waals surface area contributed by atoms with Crippen molar-refractivity contribution in [3.05, 3.63) is 76.9 Å². The predicted octanol–water partition coefficient (Wildman–Crippen LogP) is 2.88. The van der Waals surface area contributed by atoms with Crippen molar-refractivity contribution in [1.82, 2.24) is 10.4 Å². The van der Waals surface area contributed by atoms with Crippen LogP contribution in [0.4, 0.5) is 0 Å². The number of fused-ring (bicyclic) bond motifs is 1. The van der Waals surface area contributed by atoms with Gasteiger partial charge in [-0.15, -0.1) is 0 Å². The zero-order valence-corrected chi connectivity index (χ0v) is 12.9. The first-order chi connectivity index (χ1) is 11.3. The first-order valence-corrected chi connectivity index (χ1v) is 7.76. The summed E-state index contributed by atoms with van der Waals surface area (Å²) in [5.41, 5.74) is 5.84. The molecule has 0 spiro atoms. The van der Waals surface area contributed by atoms with Crippen molar-refractivity contribution in [2.24, 2.45) is 0 Å². The molecule has 4 heteroatoms. The average Bonchev–Trinajstić information content (AvgIpc) is 2.61. The molecule has 118 valence electrons. The minimum atomic E-state index is -0.457. The van der Waals surface area contributed by atoms with Gasteiger partial charge in [-0.3, -0.25) is 14.9 Å².